The summed E-state index contributed by atoms with van der Waals surface area (Å²) >= 11 is 1.44. The number of methoxy groups -OCH3 is 1. The lowest BCUT2D eigenvalue weighted by Crippen LogP contribution is -1.94. The van der Waals surface area contributed by atoms with Crippen LogP contribution in [-0.2, 0) is 0 Å². The molecule has 1 heterocycles. The Morgan fingerprint density at radius 1 is 1.21 bits per heavy atom. The van der Waals surface area contributed by atoms with Gasteiger partial charge in [0.15, 0.2) is 10.9 Å². The molecule has 2 aromatic carbocycles. The molecule has 3 rings (SSSR count). The molecule has 0 aliphatic rings. The molecule has 0 bridgehead atoms. The Bertz CT molecular complexity index is 875. The van der Waals surface area contributed by atoms with E-state index in [0.29, 0.717) is 11.3 Å². The predicted octanol–water partition coefficient (Wildman–Crippen LogP) is 4.78. The molecule has 0 aliphatic heterocycles. The fourth-order valence-corrected chi connectivity index (χ4v) is 2.96. The van der Waals surface area contributed by atoms with Gasteiger partial charge < -0.3 is 10.1 Å². The highest BCUT2D eigenvalue weighted by atomic mass is 32.1. The Morgan fingerprint density at radius 3 is 2.62 bits per heavy atom. The molecule has 24 heavy (non-hydrogen) atoms. The van der Waals surface area contributed by atoms with Crippen LogP contribution in [0.5, 0.6) is 5.75 Å². The molecule has 1 N–H and O–H groups in total. The van der Waals surface area contributed by atoms with Crippen molar-refractivity contribution in [3.63, 3.8) is 0 Å². The first-order valence-electron chi connectivity index (χ1n) is 7.19. The van der Waals surface area contributed by atoms with Gasteiger partial charge >= 0.3 is 5.69 Å². The largest absolute Gasteiger partial charge is 0.490 e. The highest BCUT2D eigenvalue weighted by Gasteiger charge is 2.17. The number of ether oxygens (including phenoxy) is 1. The van der Waals surface area contributed by atoms with E-state index in [1.807, 2.05) is 36.6 Å². The van der Waals surface area contributed by atoms with Crippen LogP contribution in [0.25, 0.3) is 11.3 Å². The Labute approximate surface area is 142 Å². The standard InChI is InChI=1S/C17H15N3O3S/c1-11-3-6-13(7-4-11)18-17-19-14(10-24-17)12-5-8-16(23-2)15(9-12)20(21)22/h3-10H,1-2H3,(H,18,19). The highest BCUT2D eigenvalue weighted by Crippen LogP contribution is 2.33. The maximum atomic E-state index is 11.1. The number of rotatable bonds is 5. The summed E-state index contributed by atoms with van der Waals surface area (Å²) in [5, 5.41) is 17.0. The number of hydrogen-bond donors (Lipinski definition) is 1. The lowest BCUT2D eigenvalue weighted by Gasteiger charge is -2.04. The summed E-state index contributed by atoms with van der Waals surface area (Å²) in [6, 6.07) is 12.8. The number of benzene rings is 2. The summed E-state index contributed by atoms with van der Waals surface area (Å²) in [6.45, 7) is 2.03. The molecule has 3 aromatic rings. The number of nitro groups is 1. The van der Waals surface area contributed by atoms with Gasteiger partial charge in [0.25, 0.3) is 0 Å². The number of aromatic nitrogens is 1. The van der Waals surface area contributed by atoms with E-state index in [4.69, 9.17) is 4.74 Å². The summed E-state index contributed by atoms with van der Waals surface area (Å²) in [6.07, 6.45) is 0. The minimum atomic E-state index is -0.458. The number of thiazole rings is 1. The van der Waals surface area contributed by atoms with Gasteiger partial charge in [-0.05, 0) is 31.2 Å². The van der Waals surface area contributed by atoms with Crippen LogP contribution >= 0.6 is 11.3 Å². The maximum absolute atomic E-state index is 11.1. The van der Waals surface area contributed by atoms with Crippen molar-refractivity contribution in [2.75, 3.05) is 12.4 Å². The first-order valence-corrected chi connectivity index (χ1v) is 8.07. The molecule has 0 saturated carbocycles. The second-order valence-corrected chi connectivity index (χ2v) is 6.03. The van der Waals surface area contributed by atoms with Crippen LogP contribution < -0.4 is 10.1 Å². The molecule has 6 nitrogen and oxygen atoms in total. The van der Waals surface area contributed by atoms with Gasteiger partial charge in [0, 0.05) is 22.7 Å². The van der Waals surface area contributed by atoms with Crippen LogP contribution in [-0.4, -0.2) is 17.0 Å². The minimum Gasteiger partial charge on any atom is -0.490 e. The molecular formula is C17H15N3O3S. The second-order valence-electron chi connectivity index (χ2n) is 5.17. The Balaban J connectivity index is 1.86. The lowest BCUT2D eigenvalue weighted by molar-refractivity contribution is -0.385. The smallest absolute Gasteiger partial charge is 0.311 e. The number of aryl methyl sites for hydroxylation is 1. The van der Waals surface area contributed by atoms with Gasteiger partial charge in [-0.2, -0.15) is 0 Å². The van der Waals surface area contributed by atoms with Crippen molar-refractivity contribution in [2.45, 2.75) is 6.92 Å². The zero-order valence-corrected chi connectivity index (χ0v) is 14.0. The molecule has 1 aromatic heterocycles. The van der Waals surface area contributed by atoms with Crippen LogP contribution in [0.2, 0.25) is 0 Å². The van der Waals surface area contributed by atoms with E-state index < -0.39 is 4.92 Å². The number of anilines is 2. The van der Waals surface area contributed by atoms with Crippen LogP contribution in [0.3, 0.4) is 0 Å². The van der Waals surface area contributed by atoms with E-state index in [1.165, 1.54) is 30.1 Å². The van der Waals surface area contributed by atoms with Crippen molar-refractivity contribution < 1.29 is 9.66 Å². The van der Waals surface area contributed by atoms with Crippen molar-refractivity contribution in [3.8, 4) is 17.0 Å². The van der Waals surface area contributed by atoms with Gasteiger partial charge in [0.05, 0.1) is 17.7 Å². The third-order valence-electron chi connectivity index (χ3n) is 3.48. The zero-order valence-electron chi connectivity index (χ0n) is 13.1. The van der Waals surface area contributed by atoms with E-state index >= 15 is 0 Å². The Hall–Kier alpha value is -2.93. The average Bonchev–Trinajstić information content (AvgIpc) is 3.05. The number of nitrogens with zero attached hydrogens (tertiary/aromatic N) is 2. The van der Waals surface area contributed by atoms with Crippen LogP contribution in [0.4, 0.5) is 16.5 Å². The molecular weight excluding hydrogens is 326 g/mol. The fraction of sp³-hybridized carbons (Fsp3) is 0.118. The lowest BCUT2D eigenvalue weighted by atomic mass is 10.1. The zero-order chi connectivity index (χ0) is 17.1. The minimum absolute atomic E-state index is 0.0731. The van der Waals surface area contributed by atoms with E-state index in [1.54, 1.807) is 12.1 Å². The van der Waals surface area contributed by atoms with Crippen LogP contribution in [0.15, 0.2) is 47.8 Å². The highest BCUT2D eigenvalue weighted by molar-refractivity contribution is 7.14. The van der Waals surface area contributed by atoms with Crippen molar-refractivity contribution in [3.05, 3.63) is 63.5 Å². The molecule has 7 heteroatoms. The normalized spacial score (nSPS) is 10.4. The van der Waals surface area contributed by atoms with Gasteiger partial charge in [-0.25, -0.2) is 4.98 Å². The molecule has 0 spiro atoms. The molecule has 0 atom stereocenters. The fourth-order valence-electron chi connectivity index (χ4n) is 2.22. The molecule has 0 radical (unpaired) electrons. The summed E-state index contributed by atoms with van der Waals surface area (Å²) < 4.78 is 5.02. The number of nitrogens with one attached hydrogen (secondary N) is 1. The van der Waals surface area contributed by atoms with Crippen LogP contribution in [0.1, 0.15) is 5.56 Å². The molecule has 0 aliphatic carbocycles. The topological polar surface area (TPSA) is 77.3 Å². The molecule has 0 fully saturated rings. The third kappa shape index (κ3) is 3.36. The average molecular weight is 341 g/mol. The summed E-state index contributed by atoms with van der Waals surface area (Å²) in [4.78, 5) is 15.2. The first-order chi connectivity index (χ1) is 11.6. The van der Waals surface area contributed by atoms with Crippen molar-refractivity contribution in [1.82, 2.24) is 4.98 Å². The third-order valence-corrected chi connectivity index (χ3v) is 4.24. The van der Waals surface area contributed by atoms with E-state index in [9.17, 15) is 10.1 Å². The summed E-state index contributed by atoms with van der Waals surface area (Å²) in [5.74, 6) is 0.233. The van der Waals surface area contributed by atoms with Crippen molar-refractivity contribution in [2.24, 2.45) is 0 Å². The summed E-state index contributed by atoms with van der Waals surface area (Å²) in [7, 11) is 1.41. The second kappa shape index (κ2) is 6.67. The monoisotopic (exact) mass is 341 g/mol. The Morgan fingerprint density at radius 2 is 1.96 bits per heavy atom. The quantitative estimate of drug-likeness (QED) is 0.534. The Kier molecular flexibility index (Phi) is 4.43. The van der Waals surface area contributed by atoms with Crippen LogP contribution in [0, 0.1) is 17.0 Å². The van der Waals surface area contributed by atoms with E-state index in [0.717, 1.165) is 10.8 Å². The SMILES string of the molecule is COc1ccc(-c2csc(Nc3ccc(C)cc3)n2)cc1[N+](=O)[O-]. The van der Waals surface area contributed by atoms with Gasteiger partial charge in [0.2, 0.25) is 0 Å². The first kappa shape index (κ1) is 15.9. The van der Waals surface area contributed by atoms with Gasteiger partial charge in [-0.3, -0.25) is 10.1 Å². The van der Waals surface area contributed by atoms with E-state index in [-0.39, 0.29) is 11.4 Å². The maximum Gasteiger partial charge on any atom is 0.311 e. The van der Waals surface area contributed by atoms with Gasteiger partial charge in [0.1, 0.15) is 0 Å². The number of nitro benzene ring substituents is 1. The molecule has 0 unspecified atom stereocenters. The number of hydrogen-bond acceptors (Lipinski definition) is 6. The van der Waals surface area contributed by atoms with E-state index in [2.05, 4.69) is 10.3 Å². The predicted molar refractivity (Wildman–Crippen MR) is 95.2 cm³/mol. The molecule has 0 amide bonds. The summed E-state index contributed by atoms with van der Waals surface area (Å²) in [5.41, 5.74) is 3.42. The van der Waals surface area contributed by atoms with Gasteiger partial charge in [-0.15, -0.1) is 11.3 Å². The molecule has 122 valence electrons. The van der Waals surface area contributed by atoms with Gasteiger partial charge in [-0.1, -0.05) is 17.7 Å². The van der Waals surface area contributed by atoms with Crippen molar-refractivity contribution >= 4 is 27.8 Å². The van der Waals surface area contributed by atoms with Crippen molar-refractivity contribution in [1.29, 1.82) is 0 Å². The molecule has 0 saturated heterocycles.